The normalized spacial score (nSPS) is 17.3. The van der Waals surface area contributed by atoms with E-state index in [0.29, 0.717) is 19.6 Å². The molecular formula is C22H33N5O2. The van der Waals surface area contributed by atoms with Gasteiger partial charge in [0.15, 0.2) is 5.96 Å². The largest absolute Gasteiger partial charge is 0.444 e. The average Bonchev–Trinajstić information content (AvgIpc) is 3.15. The first-order valence-electron chi connectivity index (χ1n) is 10.4. The second-order valence-corrected chi connectivity index (χ2v) is 8.46. The lowest BCUT2D eigenvalue weighted by Crippen LogP contribution is -2.63. The van der Waals surface area contributed by atoms with Crippen LogP contribution >= 0.6 is 0 Å². The van der Waals surface area contributed by atoms with Gasteiger partial charge in [-0.1, -0.05) is 24.3 Å². The number of amides is 1. The molecule has 29 heavy (non-hydrogen) atoms. The Labute approximate surface area is 173 Å². The van der Waals surface area contributed by atoms with Crippen LogP contribution in [0.25, 0.3) is 0 Å². The minimum Gasteiger partial charge on any atom is -0.444 e. The van der Waals surface area contributed by atoms with Crippen LogP contribution in [0.3, 0.4) is 0 Å². The average molecular weight is 400 g/mol. The van der Waals surface area contributed by atoms with Crippen molar-refractivity contribution in [2.24, 2.45) is 4.99 Å². The number of hydrogen-bond acceptors (Lipinski definition) is 4. The van der Waals surface area contributed by atoms with E-state index in [2.05, 4.69) is 52.0 Å². The fourth-order valence-electron chi connectivity index (χ4n) is 3.23. The number of hydrogen-bond donors (Lipinski definition) is 2. The summed E-state index contributed by atoms with van der Waals surface area (Å²) < 4.78 is 5.40. The van der Waals surface area contributed by atoms with E-state index in [0.717, 1.165) is 25.6 Å². The molecule has 1 aromatic carbocycles. The highest BCUT2D eigenvalue weighted by molar-refractivity contribution is 5.80. The van der Waals surface area contributed by atoms with Crippen molar-refractivity contribution in [3.63, 3.8) is 0 Å². The molecule has 0 aromatic heterocycles. The molecule has 7 heteroatoms. The van der Waals surface area contributed by atoms with Crippen molar-refractivity contribution in [2.75, 3.05) is 37.6 Å². The molecule has 2 N–H and O–H groups in total. The van der Waals surface area contributed by atoms with Crippen molar-refractivity contribution in [1.82, 2.24) is 15.5 Å². The van der Waals surface area contributed by atoms with E-state index in [1.807, 2.05) is 27.7 Å². The molecule has 0 aliphatic carbocycles. The first-order valence-corrected chi connectivity index (χ1v) is 10.4. The molecule has 1 saturated heterocycles. The molecule has 0 saturated carbocycles. The zero-order valence-electron chi connectivity index (χ0n) is 17.9. The molecule has 0 bridgehead atoms. The van der Waals surface area contributed by atoms with Crippen molar-refractivity contribution in [3.05, 3.63) is 42.0 Å². The second kappa shape index (κ2) is 9.20. The quantitative estimate of drug-likeness (QED) is 0.453. The Morgan fingerprint density at radius 3 is 2.41 bits per heavy atom. The van der Waals surface area contributed by atoms with Crippen molar-refractivity contribution in [3.8, 4) is 0 Å². The Bertz CT molecular complexity index is 737. The molecule has 1 fully saturated rings. The Hall–Kier alpha value is -2.70. The maximum Gasteiger partial charge on any atom is 0.410 e. The summed E-state index contributed by atoms with van der Waals surface area (Å²) in [6.45, 7) is 12.3. The molecule has 158 valence electrons. The van der Waals surface area contributed by atoms with E-state index in [1.54, 1.807) is 4.90 Å². The summed E-state index contributed by atoms with van der Waals surface area (Å²) in [6, 6.07) is 8.76. The Kier molecular flexibility index (Phi) is 6.67. The van der Waals surface area contributed by atoms with E-state index < -0.39 is 5.60 Å². The maximum atomic E-state index is 12.1. The zero-order chi connectivity index (χ0) is 20.9. The number of aliphatic imine (C=N–C) groups is 1. The molecule has 2 heterocycles. The van der Waals surface area contributed by atoms with E-state index in [9.17, 15) is 4.79 Å². The smallest absolute Gasteiger partial charge is 0.410 e. The van der Waals surface area contributed by atoms with Crippen molar-refractivity contribution in [1.29, 1.82) is 0 Å². The van der Waals surface area contributed by atoms with Gasteiger partial charge in [-0.3, -0.25) is 0 Å². The first-order chi connectivity index (χ1) is 13.8. The van der Waals surface area contributed by atoms with E-state index in [-0.39, 0.29) is 12.1 Å². The molecule has 0 atom stereocenters. The van der Waals surface area contributed by atoms with E-state index >= 15 is 0 Å². The summed E-state index contributed by atoms with van der Waals surface area (Å²) in [7, 11) is 0. The third-order valence-electron chi connectivity index (χ3n) is 4.76. The molecule has 2 aliphatic rings. The van der Waals surface area contributed by atoms with Crippen molar-refractivity contribution < 1.29 is 9.53 Å². The number of anilines is 1. The topological polar surface area (TPSA) is 69.2 Å². The summed E-state index contributed by atoms with van der Waals surface area (Å²) in [5.41, 5.74) is 1.94. The molecule has 7 nitrogen and oxygen atoms in total. The Morgan fingerprint density at radius 2 is 1.83 bits per heavy atom. The predicted octanol–water partition coefficient (Wildman–Crippen LogP) is 2.74. The highest BCUT2D eigenvalue weighted by Crippen LogP contribution is 2.18. The van der Waals surface area contributed by atoms with Crippen molar-refractivity contribution in [2.45, 2.75) is 45.9 Å². The van der Waals surface area contributed by atoms with Crippen LogP contribution in [0.5, 0.6) is 0 Å². The highest BCUT2D eigenvalue weighted by atomic mass is 16.6. The number of likely N-dealkylation sites (tertiary alicyclic amines) is 1. The molecule has 1 amide bonds. The van der Waals surface area contributed by atoms with Crippen LogP contribution in [0.1, 0.15) is 33.3 Å². The summed E-state index contributed by atoms with van der Waals surface area (Å²) in [4.78, 5) is 20.8. The molecular weight excluding hydrogens is 366 g/mol. The minimum absolute atomic E-state index is 0.186. The number of rotatable bonds is 5. The van der Waals surface area contributed by atoms with Crippen LogP contribution in [0.2, 0.25) is 0 Å². The zero-order valence-corrected chi connectivity index (χ0v) is 17.9. The number of nitrogens with one attached hydrogen (secondary N) is 2. The molecule has 0 unspecified atom stereocenters. The molecule has 1 aromatic rings. The van der Waals surface area contributed by atoms with Crippen molar-refractivity contribution >= 4 is 17.7 Å². The minimum atomic E-state index is -0.465. The van der Waals surface area contributed by atoms with E-state index in [4.69, 9.17) is 9.73 Å². The van der Waals surface area contributed by atoms with Crippen LogP contribution < -0.4 is 15.5 Å². The second-order valence-electron chi connectivity index (χ2n) is 8.46. The van der Waals surface area contributed by atoms with Crippen LogP contribution in [0.15, 0.2) is 41.4 Å². The molecule has 3 rings (SSSR count). The van der Waals surface area contributed by atoms with Gasteiger partial charge in [0.1, 0.15) is 5.60 Å². The number of ether oxygens (including phenoxy) is 1. The monoisotopic (exact) mass is 399 g/mol. The van der Waals surface area contributed by atoms with Gasteiger partial charge >= 0.3 is 6.09 Å². The molecule has 2 aliphatic heterocycles. The fraction of sp³-hybridized carbons (Fsp3) is 0.545. The van der Waals surface area contributed by atoms with Gasteiger partial charge in [0.2, 0.25) is 0 Å². The molecule has 0 spiro atoms. The van der Waals surface area contributed by atoms with Gasteiger partial charge in [-0.25, -0.2) is 9.79 Å². The lowest BCUT2D eigenvalue weighted by molar-refractivity contribution is 0.00701. The van der Waals surface area contributed by atoms with E-state index in [1.165, 1.54) is 11.3 Å². The third-order valence-corrected chi connectivity index (χ3v) is 4.76. The van der Waals surface area contributed by atoms with Crippen LogP contribution in [-0.2, 0) is 11.3 Å². The predicted molar refractivity (Wildman–Crippen MR) is 117 cm³/mol. The number of carbonyl (C=O) groups excluding carboxylic acids is 1. The van der Waals surface area contributed by atoms with Gasteiger partial charge in [0.25, 0.3) is 0 Å². The number of carbonyl (C=O) groups is 1. The van der Waals surface area contributed by atoms with Gasteiger partial charge in [-0.05, 0) is 45.4 Å². The van der Waals surface area contributed by atoms with Crippen LogP contribution in [0, 0.1) is 0 Å². The first kappa shape index (κ1) is 21.0. The standard InChI is InChI=1S/C22H33N5O2/c1-5-23-20(25-18-15-27(16-18)21(28)29-22(2,3)4)24-14-17-8-10-19(11-9-17)26-12-6-7-13-26/h6-11,18H,5,12-16H2,1-4H3,(H2,23,24,25). The number of nitrogens with zero attached hydrogens (tertiary/aromatic N) is 3. The third kappa shape index (κ3) is 6.14. The van der Waals surface area contributed by atoms with Gasteiger partial charge in [-0.2, -0.15) is 0 Å². The summed E-state index contributed by atoms with van der Waals surface area (Å²) in [5, 5.41) is 6.68. The Morgan fingerprint density at radius 1 is 1.17 bits per heavy atom. The highest BCUT2D eigenvalue weighted by Gasteiger charge is 2.34. The number of benzene rings is 1. The van der Waals surface area contributed by atoms with Gasteiger partial charge in [0, 0.05) is 38.4 Å². The summed E-state index contributed by atoms with van der Waals surface area (Å²) >= 11 is 0. The SMILES string of the molecule is CCNC(=NCc1ccc(N2CC=CC2)cc1)NC1CN(C(=O)OC(C)(C)C)C1. The number of guanidine groups is 1. The van der Waals surface area contributed by atoms with Gasteiger partial charge < -0.3 is 25.2 Å². The lowest BCUT2D eigenvalue weighted by atomic mass is 10.1. The van der Waals surface area contributed by atoms with Crippen LogP contribution in [-0.4, -0.2) is 61.3 Å². The summed E-state index contributed by atoms with van der Waals surface area (Å²) in [6.07, 6.45) is 4.12. The van der Waals surface area contributed by atoms with Crippen LogP contribution in [0.4, 0.5) is 10.5 Å². The van der Waals surface area contributed by atoms with Gasteiger partial charge in [-0.15, -0.1) is 0 Å². The maximum absolute atomic E-state index is 12.1. The fourth-order valence-corrected chi connectivity index (χ4v) is 3.23. The molecule has 0 radical (unpaired) electrons. The Balaban J connectivity index is 1.48. The lowest BCUT2D eigenvalue weighted by Gasteiger charge is -2.40. The summed E-state index contributed by atoms with van der Waals surface area (Å²) in [5.74, 6) is 0.772. The van der Waals surface area contributed by atoms with Gasteiger partial charge in [0.05, 0.1) is 12.6 Å².